The first-order valence-corrected chi connectivity index (χ1v) is 9.42. The standard InChI is InChI=1S/C18H28N4O3/c23-16(19-9-8-15-20-17(24)12-18(25)21-15)7-6-13-4-3-11-22-10-2-1-5-14(13)22/h12-14H,1-11H2,(H,19,23)(H2,20,21,24,25)/t13-,14+/m0/s1. The first kappa shape index (κ1) is 17.9. The zero-order valence-electron chi connectivity index (χ0n) is 14.7. The number of piperidine rings is 2. The number of amides is 1. The summed E-state index contributed by atoms with van der Waals surface area (Å²) in [5.74, 6) is 0.786. The van der Waals surface area contributed by atoms with Crippen molar-refractivity contribution in [3.63, 3.8) is 0 Å². The van der Waals surface area contributed by atoms with Crippen molar-refractivity contribution in [1.29, 1.82) is 0 Å². The Balaban J connectivity index is 1.39. The van der Waals surface area contributed by atoms with Gasteiger partial charge in [0.2, 0.25) is 11.8 Å². The number of aromatic hydroxyl groups is 1. The molecular weight excluding hydrogens is 320 g/mol. The Kier molecular flexibility index (Phi) is 6.07. The van der Waals surface area contributed by atoms with Gasteiger partial charge >= 0.3 is 0 Å². The average Bonchev–Trinajstić information content (AvgIpc) is 2.59. The number of aromatic nitrogens is 2. The number of carbonyl (C=O) groups is 1. The van der Waals surface area contributed by atoms with Gasteiger partial charge in [0.25, 0.3) is 5.56 Å². The van der Waals surface area contributed by atoms with Gasteiger partial charge in [-0.2, -0.15) is 0 Å². The maximum atomic E-state index is 12.1. The minimum absolute atomic E-state index is 0.0513. The molecule has 0 radical (unpaired) electrons. The van der Waals surface area contributed by atoms with Crippen LogP contribution in [0.1, 0.15) is 50.8 Å². The minimum Gasteiger partial charge on any atom is -0.493 e. The Bertz CT molecular complexity index is 643. The predicted molar refractivity (Wildman–Crippen MR) is 94.4 cm³/mol. The van der Waals surface area contributed by atoms with E-state index in [0.29, 0.717) is 37.2 Å². The second kappa shape index (κ2) is 8.47. The molecule has 2 aliphatic rings. The molecule has 0 aliphatic carbocycles. The molecule has 2 aliphatic heterocycles. The van der Waals surface area contributed by atoms with E-state index in [-0.39, 0.29) is 17.3 Å². The fourth-order valence-corrected chi connectivity index (χ4v) is 4.25. The van der Waals surface area contributed by atoms with Gasteiger partial charge in [0.05, 0.1) is 6.07 Å². The van der Waals surface area contributed by atoms with Crippen LogP contribution < -0.4 is 10.9 Å². The number of carbonyl (C=O) groups excluding carboxylic acids is 1. The number of aromatic amines is 1. The maximum Gasteiger partial charge on any atom is 0.254 e. The van der Waals surface area contributed by atoms with Crippen molar-refractivity contribution in [2.24, 2.45) is 5.92 Å². The highest BCUT2D eigenvalue weighted by atomic mass is 16.3. The van der Waals surface area contributed by atoms with E-state index in [2.05, 4.69) is 20.2 Å². The van der Waals surface area contributed by atoms with E-state index in [1.165, 1.54) is 45.2 Å². The second-order valence-electron chi connectivity index (χ2n) is 7.19. The van der Waals surface area contributed by atoms with Gasteiger partial charge < -0.3 is 20.3 Å². The predicted octanol–water partition coefficient (Wildman–Crippen LogP) is 1.18. The van der Waals surface area contributed by atoms with Gasteiger partial charge in [0.1, 0.15) is 5.82 Å². The molecule has 138 valence electrons. The Morgan fingerprint density at radius 1 is 1.32 bits per heavy atom. The summed E-state index contributed by atoms with van der Waals surface area (Å²) in [6.07, 6.45) is 8.31. The second-order valence-corrected chi connectivity index (χ2v) is 7.19. The molecule has 3 N–H and O–H groups in total. The summed E-state index contributed by atoms with van der Waals surface area (Å²) < 4.78 is 0. The molecule has 0 spiro atoms. The highest BCUT2D eigenvalue weighted by Gasteiger charge is 2.32. The van der Waals surface area contributed by atoms with Crippen LogP contribution in [-0.2, 0) is 11.2 Å². The maximum absolute atomic E-state index is 12.1. The van der Waals surface area contributed by atoms with Crippen molar-refractivity contribution in [1.82, 2.24) is 20.2 Å². The summed E-state index contributed by atoms with van der Waals surface area (Å²) in [5, 5.41) is 12.2. The van der Waals surface area contributed by atoms with Crippen LogP contribution in [0.25, 0.3) is 0 Å². The van der Waals surface area contributed by atoms with Crippen molar-refractivity contribution >= 4 is 5.91 Å². The summed E-state index contributed by atoms with van der Waals surface area (Å²) >= 11 is 0. The third-order valence-corrected chi connectivity index (χ3v) is 5.43. The molecule has 1 amide bonds. The van der Waals surface area contributed by atoms with Gasteiger partial charge in [-0.3, -0.25) is 9.59 Å². The lowest BCUT2D eigenvalue weighted by atomic mass is 9.81. The zero-order valence-corrected chi connectivity index (χ0v) is 14.7. The molecule has 1 aromatic rings. The highest BCUT2D eigenvalue weighted by molar-refractivity contribution is 5.75. The number of nitrogens with one attached hydrogen (secondary N) is 2. The van der Waals surface area contributed by atoms with E-state index in [1.807, 2.05) is 0 Å². The van der Waals surface area contributed by atoms with Crippen LogP contribution in [0.2, 0.25) is 0 Å². The minimum atomic E-state index is -0.386. The van der Waals surface area contributed by atoms with Crippen LogP contribution >= 0.6 is 0 Å². The lowest BCUT2D eigenvalue weighted by Crippen LogP contribution is -2.48. The van der Waals surface area contributed by atoms with Crippen molar-refractivity contribution < 1.29 is 9.90 Å². The topological polar surface area (TPSA) is 98.3 Å². The lowest BCUT2D eigenvalue weighted by molar-refractivity contribution is -0.121. The van der Waals surface area contributed by atoms with E-state index in [4.69, 9.17) is 0 Å². The quantitative estimate of drug-likeness (QED) is 0.717. The summed E-state index contributed by atoms with van der Waals surface area (Å²) in [5.41, 5.74) is -0.386. The summed E-state index contributed by atoms with van der Waals surface area (Å²) in [4.78, 5) is 32.4. The summed E-state index contributed by atoms with van der Waals surface area (Å²) in [7, 11) is 0. The van der Waals surface area contributed by atoms with Gasteiger partial charge in [-0.15, -0.1) is 0 Å². The molecule has 2 atom stereocenters. The number of hydrogen-bond acceptors (Lipinski definition) is 5. The van der Waals surface area contributed by atoms with Crippen LogP contribution in [0, 0.1) is 5.92 Å². The lowest BCUT2D eigenvalue weighted by Gasteiger charge is -2.44. The normalized spacial score (nSPS) is 23.8. The molecular formula is C18H28N4O3. The third-order valence-electron chi connectivity index (χ3n) is 5.43. The number of nitrogens with zero attached hydrogens (tertiary/aromatic N) is 2. The van der Waals surface area contributed by atoms with Crippen molar-refractivity contribution in [3.8, 4) is 5.88 Å². The van der Waals surface area contributed by atoms with E-state index < -0.39 is 0 Å². The van der Waals surface area contributed by atoms with Gasteiger partial charge in [0, 0.05) is 25.4 Å². The van der Waals surface area contributed by atoms with Gasteiger partial charge in [-0.25, -0.2) is 4.98 Å². The van der Waals surface area contributed by atoms with Crippen LogP contribution in [0.3, 0.4) is 0 Å². The largest absolute Gasteiger partial charge is 0.493 e. The highest BCUT2D eigenvalue weighted by Crippen LogP contribution is 2.33. The first-order chi connectivity index (χ1) is 12.1. The number of hydrogen-bond donors (Lipinski definition) is 3. The Morgan fingerprint density at radius 2 is 2.16 bits per heavy atom. The van der Waals surface area contributed by atoms with Crippen LogP contribution in [0.4, 0.5) is 0 Å². The molecule has 7 heteroatoms. The smallest absolute Gasteiger partial charge is 0.254 e. The van der Waals surface area contributed by atoms with E-state index in [1.54, 1.807) is 0 Å². The van der Waals surface area contributed by atoms with E-state index in [0.717, 1.165) is 12.5 Å². The van der Waals surface area contributed by atoms with Crippen LogP contribution in [0.5, 0.6) is 5.88 Å². The zero-order chi connectivity index (χ0) is 17.6. The molecule has 2 fully saturated rings. The Labute approximate surface area is 147 Å². The molecule has 2 saturated heterocycles. The number of fused-ring (bicyclic) bond motifs is 1. The van der Waals surface area contributed by atoms with Gasteiger partial charge in [-0.1, -0.05) is 6.42 Å². The molecule has 3 heterocycles. The molecule has 0 aromatic carbocycles. The monoisotopic (exact) mass is 348 g/mol. The van der Waals surface area contributed by atoms with E-state index in [9.17, 15) is 14.7 Å². The number of H-pyrrole nitrogens is 1. The molecule has 0 unspecified atom stereocenters. The third kappa shape index (κ3) is 5.04. The average molecular weight is 348 g/mol. The summed E-state index contributed by atoms with van der Waals surface area (Å²) in [6, 6.07) is 1.71. The SMILES string of the molecule is O=C(CC[C@@H]1CCCN2CCCC[C@H]12)NCCc1nc(O)cc(=O)[nH]1. The van der Waals surface area contributed by atoms with Crippen LogP contribution in [0.15, 0.2) is 10.9 Å². The van der Waals surface area contributed by atoms with E-state index >= 15 is 0 Å². The Morgan fingerprint density at radius 3 is 3.00 bits per heavy atom. The first-order valence-electron chi connectivity index (χ1n) is 9.42. The van der Waals surface area contributed by atoms with Gasteiger partial charge in [-0.05, 0) is 51.1 Å². The molecule has 0 saturated carbocycles. The molecule has 7 nitrogen and oxygen atoms in total. The Hall–Kier alpha value is -1.89. The molecule has 1 aromatic heterocycles. The fraction of sp³-hybridized carbons (Fsp3) is 0.722. The van der Waals surface area contributed by atoms with Crippen molar-refractivity contribution in [2.75, 3.05) is 19.6 Å². The van der Waals surface area contributed by atoms with Crippen molar-refractivity contribution in [2.45, 2.75) is 57.4 Å². The summed E-state index contributed by atoms with van der Waals surface area (Å²) in [6.45, 7) is 2.86. The van der Waals surface area contributed by atoms with Crippen LogP contribution in [-0.4, -0.2) is 51.6 Å². The molecule has 3 rings (SSSR count). The number of rotatable bonds is 6. The molecule has 25 heavy (non-hydrogen) atoms. The fourth-order valence-electron chi connectivity index (χ4n) is 4.25. The van der Waals surface area contributed by atoms with Crippen molar-refractivity contribution in [3.05, 3.63) is 22.2 Å². The molecule has 0 bridgehead atoms. The van der Waals surface area contributed by atoms with Gasteiger partial charge in [0.15, 0.2) is 0 Å².